The molecule has 0 radical (unpaired) electrons. The van der Waals surface area contributed by atoms with Crippen molar-refractivity contribution in [2.75, 3.05) is 18.6 Å². The number of fused-ring (bicyclic) bond motifs is 1. The average Bonchev–Trinajstić information content (AvgIpc) is 3.35. The van der Waals surface area contributed by atoms with Crippen molar-refractivity contribution in [2.45, 2.75) is 32.0 Å². The van der Waals surface area contributed by atoms with Gasteiger partial charge in [0.15, 0.2) is 11.6 Å². The van der Waals surface area contributed by atoms with Crippen molar-refractivity contribution in [3.8, 4) is 28.1 Å². The molecule has 4 nitrogen and oxygen atoms in total. The minimum Gasteiger partial charge on any atom is -0.494 e. The fraction of sp³-hybridized carbons (Fsp3) is 0.259. The van der Waals surface area contributed by atoms with Crippen LogP contribution < -0.4 is 9.64 Å². The van der Waals surface area contributed by atoms with Crippen LogP contribution in [0.15, 0.2) is 54.9 Å². The van der Waals surface area contributed by atoms with Gasteiger partial charge >= 0.3 is 6.18 Å². The van der Waals surface area contributed by atoms with Crippen LogP contribution in [0.5, 0.6) is 5.75 Å². The van der Waals surface area contributed by atoms with Crippen LogP contribution in [-0.4, -0.2) is 35.8 Å². The Morgan fingerprint density at radius 2 is 1.86 bits per heavy atom. The number of hydrogen-bond donors (Lipinski definition) is 0. The number of aromatic nitrogens is 2. The number of benzene rings is 2. The van der Waals surface area contributed by atoms with E-state index in [9.17, 15) is 22.0 Å². The lowest BCUT2D eigenvalue weighted by Gasteiger charge is -2.32. The molecule has 0 aliphatic carbocycles. The van der Waals surface area contributed by atoms with Gasteiger partial charge in [0, 0.05) is 35.5 Å². The molecule has 0 spiro atoms. The highest BCUT2D eigenvalue weighted by molar-refractivity contribution is 6.02. The van der Waals surface area contributed by atoms with Crippen molar-refractivity contribution in [1.29, 1.82) is 0 Å². The number of nitrogens with zero attached hydrogens (tertiary/aromatic N) is 3. The first-order valence-corrected chi connectivity index (χ1v) is 11.4. The molecule has 1 unspecified atom stereocenters. The maximum atomic E-state index is 14.7. The molecule has 2 aromatic carbocycles. The molecule has 36 heavy (non-hydrogen) atoms. The third-order valence-electron chi connectivity index (χ3n) is 6.60. The lowest BCUT2D eigenvalue weighted by atomic mass is 9.96. The number of alkyl halides is 3. The second-order valence-corrected chi connectivity index (χ2v) is 8.74. The minimum atomic E-state index is -4.44. The van der Waals surface area contributed by atoms with Gasteiger partial charge in [-0.05, 0) is 61.2 Å². The van der Waals surface area contributed by atoms with Crippen LogP contribution in [0.2, 0.25) is 0 Å². The standard InChI is InChI=1S/C27H22F5N3O/c1-15-24(16-6-4-10-33-14-16)34-25-19(26(15)35-11-5-9-22(35)27(30,31)32)12-17(13-21(25)36-2)18-7-3-8-20(28)23(18)29/h3-4,6-8,10,12-14,22H,5,9,11H2,1-2H3. The summed E-state index contributed by atoms with van der Waals surface area (Å²) in [6, 6.07) is 8.70. The molecule has 0 saturated carbocycles. The Kier molecular flexibility index (Phi) is 6.02. The van der Waals surface area contributed by atoms with Crippen molar-refractivity contribution in [3.05, 3.63) is 72.1 Å². The van der Waals surface area contributed by atoms with Crippen molar-refractivity contribution in [1.82, 2.24) is 9.97 Å². The fourth-order valence-electron chi connectivity index (χ4n) is 4.98. The zero-order valence-corrected chi connectivity index (χ0v) is 19.5. The van der Waals surface area contributed by atoms with E-state index in [-0.39, 0.29) is 29.8 Å². The van der Waals surface area contributed by atoms with E-state index in [2.05, 4.69) is 4.98 Å². The molecule has 1 aliphatic rings. The molecule has 186 valence electrons. The zero-order chi connectivity index (χ0) is 25.6. The Morgan fingerprint density at radius 1 is 1.06 bits per heavy atom. The van der Waals surface area contributed by atoms with E-state index in [0.717, 1.165) is 6.07 Å². The van der Waals surface area contributed by atoms with Gasteiger partial charge in [-0.1, -0.05) is 12.1 Å². The number of anilines is 1. The lowest BCUT2D eigenvalue weighted by molar-refractivity contribution is -0.145. The highest BCUT2D eigenvalue weighted by Crippen LogP contribution is 2.45. The maximum Gasteiger partial charge on any atom is 0.408 e. The largest absolute Gasteiger partial charge is 0.494 e. The number of methoxy groups -OCH3 is 1. The summed E-state index contributed by atoms with van der Waals surface area (Å²) in [5, 5.41) is 0.370. The summed E-state index contributed by atoms with van der Waals surface area (Å²) < 4.78 is 76.5. The van der Waals surface area contributed by atoms with Crippen LogP contribution in [0.3, 0.4) is 0 Å². The summed E-state index contributed by atoms with van der Waals surface area (Å²) in [6.45, 7) is 1.91. The van der Waals surface area contributed by atoms with Crippen LogP contribution in [0, 0.1) is 18.6 Å². The third kappa shape index (κ3) is 4.02. The predicted molar refractivity (Wildman–Crippen MR) is 128 cm³/mol. The van der Waals surface area contributed by atoms with Crippen LogP contribution in [0.4, 0.5) is 27.6 Å². The summed E-state index contributed by atoms with van der Waals surface area (Å²) in [6.07, 6.45) is -0.917. The number of ether oxygens (including phenoxy) is 1. The molecule has 5 rings (SSSR count). The van der Waals surface area contributed by atoms with Gasteiger partial charge in [0.2, 0.25) is 0 Å². The SMILES string of the molecule is COc1cc(-c2cccc(F)c2F)cc2c(N3CCCC3C(F)(F)F)c(C)c(-c3cccnc3)nc12. The molecular formula is C27H22F5N3O. The summed E-state index contributed by atoms with van der Waals surface area (Å²) in [7, 11) is 1.40. The molecule has 1 fully saturated rings. The summed E-state index contributed by atoms with van der Waals surface area (Å²) in [5.74, 6) is -1.84. The van der Waals surface area contributed by atoms with Crippen LogP contribution in [0.25, 0.3) is 33.3 Å². The Labute approximate surface area is 204 Å². The normalized spacial score (nSPS) is 16.1. The number of hydrogen-bond acceptors (Lipinski definition) is 4. The molecule has 2 aromatic heterocycles. The number of pyridine rings is 2. The lowest BCUT2D eigenvalue weighted by Crippen LogP contribution is -2.41. The van der Waals surface area contributed by atoms with Crippen molar-refractivity contribution >= 4 is 16.6 Å². The minimum absolute atomic E-state index is 0.0241. The number of rotatable bonds is 4. The molecule has 0 bridgehead atoms. The maximum absolute atomic E-state index is 14.7. The monoisotopic (exact) mass is 499 g/mol. The van der Waals surface area contributed by atoms with Crippen molar-refractivity contribution in [3.63, 3.8) is 0 Å². The van der Waals surface area contributed by atoms with E-state index < -0.39 is 23.9 Å². The van der Waals surface area contributed by atoms with E-state index in [0.29, 0.717) is 39.8 Å². The predicted octanol–water partition coefficient (Wildman–Crippen LogP) is 7.09. The third-order valence-corrected chi connectivity index (χ3v) is 6.60. The molecule has 4 aromatic rings. The zero-order valence-electron chi connectivity index (χ0n) is 19.5. The van der Waals surface area contributed by atoms with E-state index in [1.54, 1.807) is 37.5 Å². The molecular weight excluding hydrogens is 477 g/mol. The van der Waals surface area contributed by atoms with E-state index in [1.165, 1.54) is 30.2 Å². The second-order valence-electron chi connectivity index (χ2n) is 8.74. The van der Waals surface area contributed by atoms with Crippen LogP contribution >= 0.6 is 0 Å². The van der Waals surface area contributed by atoms with Crippen LogP contribution in [-0.2, 0) is 0 Å². The fourth-order valence-corrected chi connectivity index (χ4v) is 4.98. The molecule has 1 atom stereocenters. The number of halogens is 5. The topological polar surface area (TPSA) is 38.2 Å². The highest BCUT2D eigenvalue weighted by atomic mass is 19.4. The molecule has 3 heterocycles. The van der Waals surface area contributed by atoms with Gasteiger partial charge in [-0.25, -0.2) is 13.8 Å². The van der Waals surface area contributed by atoms with E-state index in [1.807, 2.05) is 0 Å². The Morgan fingerprint density at radius 3 is 2.56 bits per heavy atom. The van der Waals surface area contributed by atoms with Crippen LogP contribution in [0.1, 0.15) is 18.4 Å². The van der Waals surface area contributed by atoms with Crippen molar-refractivity contribution < 1.29 is 26.7 Å². The van der Waals surface area contributed by atoms with E-state index in [4.69, 9.17) is 9.72 Å². The molecule has 1 saturated heterocycles. The molecule has 0 N–H and O–H groups in total. The molecule has 0 amide bonds. The molecule has 9 heteroatoms. The summed E-state index contributed by atoms with van der Waals surface area (Å²) in [4.78, 5) is 10.3. The summed E-state index contributed by atoms with van der Waals surface area (Å²) >= 11 is 0. The Hall–Kier alpha value is -3.75. The van der Waals surface area contributed by atoms with E-state index >= 15 is 0 Å². The Balaban J connectivity index is 1.86. The van der Waals surface area contributed by atoms with Gasteiger partial charge in [0.25, 0.3) is 0 Å². The molecule has 1 aliphatic heterocycles. The first kappa shape index (κ1) is 24.0. The Bertz CT molecular complexity index is 1440. The van der Waals surface area contributed by atoms with Gasteiger partial charge in [0.1, 0.15) is 17.3 Å². The second kappa shape index (κ2) is 9.04. The first-order chi connectivity index (χ1) is 17.2. The van der Waals surface area contributed by atoms with Crippen molar-refractivity contribution in [2.24, 2.45) is 0 Å². The van der Waals surface area contributed by atoms with Gasteiger partial charge < -0.3 is 9.64 Å². The highest BCUT2D eigenvalue weighted by Gasteiger charge is 2.47. The van der Waals surface area contributed by atoms with Gasteiger partial charge in [0.05, 0.1) is 18.5 Å². The van der Waals surface area contributed by atoms with Gasteiger partial charge in [-0.3, -0.25) is 4.98 Å². The van der Waals surface area contributed by atoms with Gasteiger partial charge in [-0.2, -0.15) is 13.2 Å². The quantitative estimate of drug-likeness (QED) is 0.281. The smallest absolute Gasteiger partial charge is 0.408 e. The first-order valence-electron chi connectivity index (χ1n) is 11.4. The van der Waals surface area contributed by atoms with Gasteiger partial charge in [-0.15, -0.1) is 0 Å². The summed E-state index contributed by atoms with van der Waals surface area (Å²) in [5.41, 5.74) is 2.57. The average molecular weight is 499 g/mol.